The SMILES string of the molecule is CCCC(O)(CCC)CNC(=NCc1ccc(CN2CCCC2=O)cc1)NCC.I. The first-order valence-corrected chi connectivity index (χ1v) is 11.1. The van der Waals surface area contributed by atoms with Crippen molar-refractivity contribution in [3.05, 3.63) is 35.4 Å². The standard InChI is InChI=1S/C23H38N4O2.HI/c1-4-13-23(29,14-5-2)18-26-22(24-6-3)25-16-19-9-11-20(12-10-19)17-27-15-7-8-21(27)28;/h9-12,29H,4-8,13-18H2,1-3H3,(H2,24,25,26);1H. The van der Waals surface area contributed by atoms with E-state index in [9.17, 15) is 9.90 Å². The lowest BCUT2D eigenvalue weighted by atomic mass is 9.93. The van der Waals surface area contributed by atoms with Gasteiger partial charge in [-0.1, -0.05) is 51.0 Å². The smallest absolute Gasteiger partial charge is 0.222 e. The molecule has 1 amide bonds. The van der Waals surface area contributed by atoms with E-state index >= 15 is 0 Å². The normalized spacial score (nSPS) is 14.6. The van der Waals surface area contributed by atoms with E-state index in [2.05, 4.69) is 53.7 Å². The van der Waals surface area contributed by atoms with Gasteiger partial charge in [0.15, 0.2) is 5.96 Å². The number of nitrogens with zero attached hydrogens (tertiary/aromatic N) is 2. The highest BCUT2D eigenvalue weighted by Crippen LogP contribution is 2.18. The highest BCUT2D eigenvalue weighted by molar-refractivity contribution is 14.0. The molecule has 30 heavy (non-hydrogen) atoms. The summed E-state index contributed by atoms with van der Waals surface area (Å²) >= 11 is 0. The predicted molar refractivity (Wildman–Crippen MR) is 134 cm³/mol. The average Bonchev–Trinajstić information content (AvgIpc) is 3.10. The molecule has 3 N–H and O–H groups in total. The fraction of sp³-hybridized carbons (Fsp3) is 0.652. The molecule has 0 saturated carbocycles. The number of carbonyl (C=O) groups excluding carboxylic acids is 1. The first-order valence-electron chi connectivity index (χ1n) is 11.1. The number of hydrogen-bond acceptors (Lipinski definition) is 3. The summed E-state index contributed by atoms with van der Waals surface area (Å²) in [6.07, 6.45) is 5.14. The van der Waals surface area contributed by atoms with Gasteiger partial charge in [-0.2, -0.15) is 0 Å². The van der Waals surface area contributed by atoms with Gasteiger partial charge in [-0.25, -0.2) is 4.99 Å². The minimum atomic E-state index is -0.686. The van der Waals surface area contributed by atoms with Crippen LogP contribution in [0.1, 0.15) is 70.4 Å². The van der Waals surface area contributed by atoms with Crippen molar-refractivity contribution in [1.29, 1.82) is 0 Å². The van der Waals surface area contributed by atoms with Gasteiger partial charge in [0.2, 0.25) is 5.91 Å². The third kappa shape index (κ3) is 8.79. The van der Waals surface area contributed by atoms with Gasteiger partial charge in [-0.05, 0) is 37.3 Å². The number of likely N-dealkylation sites (tertiary alicyclic amines) is 1. The van der Waals surface area contributed by atoms with Crippen LogP contribution in [0.2, 0.25) is 0 Å². The van der Waals surface area contributed by atoms with Gasteiger partial charge >= 0.3 is 0 Å². The lowest BCUT2D eigenvalue weighted by molar-refractivity contribution is -0.128. The van der Waals surface area contributed by atoms with Crippen LogP contribution in [0.25, 0.3) is 0 Å². The second kappa shape index (κ2) is 13.9. The Hall–Kier alpha value is -1.35. The Morgan fingerprint density at radius 2 is 1.73 bits per heavy atom. The van der Waals surface area contributed by atoms with Crippen LogP contribution in [-0.2, 0) is 17.9 Å². The van der Waals surface area contributed by atoms with Crippen LogP contribution >= 0.6 is 24.0 Å². The minimum absolute atomic E-state index is 0. The highest BCUT2D eigenvalue weighted by Gasteiger charge is 2.25. The highest BCUT2D eigenvalue weighted by atomic mass is 127. The van der Waals surface area contributed by atoms with E-state index in [1.807, 2.05) is 11.8 Å². The van der Waals surface area contributed by atoms with Gasteiger partial charge in [-0.3, -0.25) is 4.79 Å². The number of nitrogens with one attached hydrogen (secondary N) is 2. The van der Waals surface area contributed by atoms with Crippen LogP contribution in [0.5, 0.6) is 0 Å². The molecular formula is C23H39IN4O2. The Morgan fingerprint density at radius 1 is 1.10 bits per heavy atom. The van der Waals surface area contributed by atoms with Crippen molar-refractivity contribution in [2.24, 2.45) is 4.99 Å². The number of aliphatic hydroxyl groups is 1. The van der Waals surface area contributed by atoms with Crippen molar-refractivity contribution in [2.75, 3.05) is 19.6 Å². The molecule has 0 bridgehead atoms. The summed E-state index contributed by atoms with van der Waals surface area (Å²) in [6, 6.07) is 8.32. The van der Waals surface area contributed by atoms with Gasteiger partial charge in [0.05, 0.1) is 12.1 Å². The molecule has 1 aromatic carbocycles. The maximum atomic E-state index is 11.8. The molecule has 0 unspecified atom stereocenters. The van der Waals surface area contributed by atoms with Crippen LogP contribution in [0.15, 0.2) is 29.3 Å². The number of benzene rings is 1. The van der Waals surface area contributed by atoms with Crippen molar-refractivity contribution in [3.63, 3.8) is 0 Å². The summed E-state index contributed by atoms with van der Waals surface area (Å²) < 4.78 is 0. The molecule has 2 rings (SSSR count). The molecule has 1 aliphatic heterocycles. The van der Waals surface area contributed by atoms with E-state index in [-0.39, 0.29) is 29.9 Å². The van der Waals surface area contributed by atoms with E-state index < -0.39 is 5.60 Å². The molecule has 7 heteroatoms. The van der Waals surface area contributed by atoms with E-state index in [1.165, 1.54) is 0 Å². The van der Waals surface area contributed by atoms with Crippen molar-refractivity contribution in [1.82, 2.24) is 15.5 Å². The van der Waals surface area contributed by atoms with E-state index in [0.29, 0.717) is 26.1 Å². The first kappa shape index (κ1) is 26.7. The molecule has 1 saturated heterocycles. The van der Waals surface area contributed by atoms with Crippen molar-refractivity contribution < 1.29 is 9.90 Å². The van der Waals surface area contributed by atoms with Crippen LogP contribution in [0, 0.1) is 0 Å². The van der Waals surface area contributed by atoms with E-state index in [0.717, 1.165) is 62.3 Å². The molecule has 0 atom stereocenters. The van der Waals surface area contributed by atoms with Crippen LogP contribution < -0.4 is 10.6 Å². The lowest BCUT2D eigenvalue weighted by Crippen LogP contribution is -2.47. The number of carbonyl (C=O) groups is 1. The predicted octanol–water partition coefficient (Wildman–Crippen LogP) is 3.81. The molecule has 1 heterocycles. The summed E-state index contributed by atoms with van der Waals surface area (Å²) in [4.78, 5) is 18.4. The van der Waals surface area contributed by atoms with Gasteiger partial charge in [0, 0.05) is 32.6 Å². The Balaban J connectivity index is 0.00000450. The Bertz CT molecular complexity index is 658. The zero-order valence-corrected chi connectivity index (χ0v) is 21.1. The van der Waals surface area contributed by atoms with Crippen molar-refractivity contribution >= 4 is 35.8 Å². The maximum Gasteiger partial charge on any atom is 0.222 e. The number of halogens is 1. The van der Waals surface area contributed by atoms with Crippen LogP contribution in [0.4, 0.5) is 0 Å². The fourth-order valence-electron chi connectivity index (χ4n) is 3.83. The average molecular weight is 530 g/mol. The Morgan fingerprint density at radius 3 is 2.27 bits per heavy atom. The quantitative estimate of drug-likeness (QED) is 0.231. The van der Waals surface area contributed by atoms with E-state index in [1.54, 1.807) is 0 Å². The molecule has 0 aromatic heterocycles. The summed E-state index contributed by atoms with van der Waals surface area (Å²) in [7, 11) is 0. The van der Waals surface area contributed by atoms with Crippen molar-refractivity contribution in [3.8, 4) is 0 Å². The molecule has 0 radical (unpaired) electrons. The van der Waals surface area contributed by atoms with Gasteiger partial charge in [-0.15, -0.1) is 24.0 Å². The fourth-order valence-corrected chi connectivity index (χ4v) is 3.83. The molecule has 0 spiro atoms. The third-order valence-electron chi connectivity index (χ3n) is 5.35. The topological polar surface area (TPSA) is 77.0 Å². The van der Waals surface area contributed by atoms with Crippen molar-refractivity contribution in [2.45, 2.75) is 78.0 Å². The largest absolute Gasteiger partial charge is 0.388 e. The summed E-state index contributed by atoms with van der Waals surface area (Å²) in [5, 5.41) is 17.4. The zero-order valence-electron chi connectivity index (χ0n) is 18.7. The molecule has 170 valence electrons. The van der Waals surface area contributed by atoms with Crippen LogP contribution in [0.3, 0.4) is 0 Å². The maximum absolute atomic E-state index is 11.8. The molecule has 1 fully saturated rings. The number of amides is 1. The molecular weight excluding hydrogens is 491 g/mol. The monoisotopic (exact) mass is 530 g/mol. The zero-order chi connectivity index (χ0) is 21.1. The van der Waals surface area contributed by atoms with Gasteiger partial charge < -0.3 is 20.6 Å². The second-order valence-corrected chi connectivity index (χ2v) is 8.01. The van der Waals surface area contributed by atoms with Gasteiger partial charge in [0.25, 0.3) is 0 Å². The lowest BCUT2D eigenvalue weighted by Gasteiger charge is -2.28. The number of rotatable bonds is 11. The van der Waals surface area contributed by atoms with Crippen LogP contribution in [-0.4, -0.2) is 47.1 Å². The first-order chi connectivity index (χ1) is 14.0. The van der Waals surface area contributed by atoms with Gasteiger partial charge in [0.1, 0.15) is 0 Å². The molecule has 1 aromatic rings. The van der Waals surface area contributed by atoms with E-state index in [4.69, 9.17) is 0 Å². The number of aliphatic imine (C=N–C) groups is 1. The molecule has 0 aliphatic carbocycles. The second-order valence-electron chi connectivity index (χ2n) is 8.01. The Labute approximate surface area is 198 Å². The summed E-state index contributed by atoms with van der Waals surface area (Å²) in [6.45, 7) is 9.64. The minimum Gasteiger partial charge on any atom is -0.388 e. The molecule has 1 aliphatic rings. The molecule has 6 nitrogen and oxygen atoms in total. The summed E-state index contributed by atoms with van der Waals surface area (Å²) in [5.74, 6) is 0.982. The third-order valence-corrected chi connectivity index (χ3v) is 5.35. The number of guanidine groups is 1. The Kier molecular flexibility index (Phi) is 12.3. The number of hydrogen-bond donors (Lipinski definition) is 3. The summed E-state index contributed by atoms with van der Waals surface area (Å²) in [5.41, 5.74) is 1.59.